The number of carbonyl (C=O) groups is 4. The number of nitrogens with one attached hydrogen (secondary N) is 3. The highest BCUT2D eigenvalue weighted by Gasteiger charge is 2.15. The van der Waals surface area contributed by atoms with Gasteiger partial charge in [-0.25, -0.2) is 4.79 Å². The molecular formula is C10H17N3O5. The quantitative estimate of drug-likeness (QED) is 0.497. The van der Waals surface area contributed by atoms with E-state index in [4.69, 9.17) is 5.11 Å². The third-order valence-electron chi connectivity index (χ3n) is 2.03. The monoisotopic (exact) mass is 259 g/mol. The van der Waals surface area contributed by atoms with Gasteiger partial charge in [-0.2, -0.15) is 0 Å². The van der Waals surface area contributed by atoms with E-state index < -0.39 is 23.9 Å². The number of hydrogen-bond donors (Lipinski definition) is 4. The second kappa shape index (κ2) is 8.04. The topological polar surface area (TPSA) is 125 Å². The van der Waals surface area contributed by atoms with Crippen molar-refractivity contribution in [3.05, 3.63) is 0 Å². The highest BCUT2D eigenvalue weighted by atomic mass is 16.4. The molecule has 1 atom stereocenters. The Morgan fingerprint density at radius 3 is 2.28 bits per heavy atom. The molecule has 102 valence electrons. The highest BCUT2D eigenvalue weighted by molar-refractivity contribution is 5.96. The second-order valence-corrected chi connectivity index (χ2v) is 3.60. The molecule has 0 aromatic rings. The Labute approximate surface area is 104 Å². The fraction of sp³-hybridized carbons (Fsp3) is 0.600. The highest BCUT2D eigenvalue weighted by Crippen LogP contribution is 1.94. The first kappa shape index (κ1) is 15.9. The fourth-order valence-corrected chi connectivity index (χ4v) is 1.10. The number of hydrogen-bond acceptors (Lipinski definition) is 4. The van der Waals surface area contributed by atoms with E-state index in [1.165, 1.54) is 14.0 Å². The van der Waals surface area contributed by atoms with Crippen LogP contribution in [0.1, 0.15) is 26.2 Å². The van der Waals surface area contributed by atoms with E-state index in [2.05, 4.69) is 10.6 Å². The molecule has 0 aliphatic carbocycles. The van der Waals surface area contributed by atoms with Gasteiger partial charge in [0.25, 0.3) is 0 Å². The van der Waals surface area contributed by atoms with Gasteiger partial charge in [0.15, 0.2) is 0 Å². The van der Waals surface area contributed by atoms with Crippen LogP contribution in [0.4, 0.5) is 4.79 Å². The molecule has 4 amide bonds. The van der Waals surface area contributed by atoms with E-state index in [1.807, 2.05) is 5.32 Å². The molecule has 8 nitrogen and oxygen atoms in total. The van der Waals surface area contributed by atoms with Crippen LogP contribution in [0.15, 0.2) is 0 Å². The maximum Gasteiger partial charge on any atom is 0.322 e. The zero-order valence-electron chi connectivity index (χ0n) is 10.3. The Hall–Kier alpha value is -2.12. The van der Waals surface area contributed by atoms with Gasteiger partial charge in [0.05, 0.1) is 0 Å². The predicted molar refractivity (Wildman–Crippen MR) is 61.7 cm³/mol. The van der Waals surface area contributed by atoms with Gasteiger partial charge in [0.2, 0.25) is 11.8 Å². The van der Waals surface area contributed by atoms with E-state index in [9.17, 15) is 19.2 Å². The number of carboxylic acid groups (broad SMARTS) is 1. The van der Waals surface area contributed by atoms with Gasteiger partial charge in [-0.05, 0) is 13.3 Å². The van der Waals surface area contributed by atoms with Gasteiger partial charge < -0.3 is 15.7 Å². The molecule has 0 saturated carbocycles. The summed E-state index contributed by atoms with van der Waals surface area (Å²) in [6, 6.07) is -1.55. The van der Waals surface area contributed by atoms with Crippen LogP contribution in [-0.2, 0) is 14.4 Å². The molecule has 0 saturated heterocycles. The van der Waals surface area contributed by atoms with E-state index in [0.717, 1.165) is 0 Å². The minimum absolute atomic E-state index is 0.0614. The first-order valence-electron chi connectivity index (χ1n) is 5.40. The van der Waals surface area contributed by atoms with Crippen molar-refractivity contribution >= 4 is 23.8 Å². The Bertz CT molecular complexity index is 342. The van der Waals surface area contributed by atoms with Crippen molar-refractivity contribution in [2.24, 2.45) is 0 Å². The van der Waals surface area contributed by atoms with Crippen molar-refractivity contribution in [3.63, 3.8) is 0 Å². The number of amides is 4. The van der Waals surface area contributed by atoms with Crippen LogP contribution in [-0.4, -0.2) is 42.0 Å². The molecule has 0 heterocycles. The lowest BCUT2D eigenvalue weighted by Gasteiger charge is -2.12. The van der Waals surface area contributed by atoms with Gasteiger partial charge in [-0.3, -0.25) is 19.7 Å². The van der Waals surface area contributed by atoms with Crippen molar-refractivity contribution in [1.29, 1.82) is 0 Å². The minimum Gasteiger partial charge on any atom is -0.481 e. The number of aliphatic carboxylic acids is 1. The molecule has 0 aromatic carbocycles. The largest absolute Gasteiger partial charge is 0.481 e. The number of rotatable bonds is 6. The van der Waals surface area contributed by atoms with Crippen LogP contribution in [0, 0.1) is 0 Å². The van der Waals surface area contributed by atoms with Crippen molar-refractivity contribution in [2.45, 2.75) is 32.2 Å². The fourth-order valence-electron chi connectivity index (χ4n) is 1.10. The third kappa shape index (κ3) is 7.20. The first-order chi connectivity index (χ1) is 8.36. The lowest BCUT2D eigenvalue weighted by atomic mass is 10.2. The number of urea groups is 1. The molecule has 0 aliphatic heterocycles. The summed E-state index contributed by atoms with van der Waals surface area (Å²) in [4.78, 5) is 43.7. The normalized spacial score (nSPS) is 11.2. The molecular weight excluding hydrogens is 242 g/mol. The van der Waals surface area contributed by atoms with Gasteiger partial charge >= 0.3 is 12.0 Å². The van der Waals surface area contributed by atoms with Crippen LogP contribution < -0.4 is 16.0 Å². The molecule has 1 unspecified atom stereocenters. The zero-order chi connectivity index (χ0) is 14.1. The lowest BCUT2D eigenvalue weighted by Crippen LogP contribution is -2.49. The maximum atomic E-state index is 11.2. The van der Waals surface area contributed by atoms with Crippen molar-refractivity contribution < 1.29 is 24.3 Å². The van der Waals surface area contributed by atoms with E-state index in [0.29, 0.717) is 0 Å². The summed E-state index contributed by atoms with van der Waals surface area (Å²) < 4.78 is 0. The summed E-state index contributed by atoms with van der Waals surface area (Å²) in [5.74, 6) is -1.97. The molecule has 0 radical (unpaired) electrons. The van der Waals surface area contributed by atoms with Crippen LogP contribution in [0.25, 0.3) is 0 Å². The standard InChI is InChI=1S/C10H17N3O5/c1-6(9(17)11-2)12-10(18)13-7(14)4-3-5-8(15)16/h6H,3-5H2,1-2H3,(H,11,17)(H,15,16)(H2,12,13,14,18). The second-order valence-electron chi connectivity index (χ2n) is 3.60. The average molecular weight is 259 g/mol. The van der Waals surface area contributed by atoms with Crippen molar-refractivity contribution in [1.82, 2.24) is 16.0 Å². The molecule has 8 heteroatoms. The molecule has 0 fully saturated rings. The number of carbonyl (C=O) groups excluding carboxylic acids is 3. The molecule has 18 heavy (non-hydrogen) atoms. The number of imide groups is 1. The average Bonchev–Trinajstić information content (AvgIpc) is 2.26. The van der Waals surface area contributed by atoms with Gasteiger partial charge in [-0.15, -0.1) is 0 Å². The minimum atomic E-state index is -1.000. The Morgan fingerprint density at radius 2 is 1.78 bits per heavy atom. The Balaban J connectivity index is 3.90. The summed E-state index contributed by atoms with van der Waals surface area (Å²) in [5, 5.41) is 15.0. The van der Waals surface area contributed by atoms with Crippen LogP contribution in [0.5, 0.6) is 0 Å². The SMILES string of the molecule is CNC(=O)C(C)NC(=O)NC(=O)CCCC(=O)O. The summed E-state index contributed by atoms with van der Waals surface area (Å²) in [5.41, 5.74) is 0. The van der Waals surface area contributed by atoms with E-state index in [-0.39, 0.29) is 25.2 Å². The van der Waals surface area contributed by atoms with Gasteiger partial charge in [0, 0.05) is 19.9 Å². The Kier molecular flexibility index (Phi) is 7.10. The van der Waals surface area contributed by atoms with Crippen LogP contribution >= 0.6 is 0 Å². The van der Waals surface area contributed by atoms with Crippen LogP contribution in [0.2, 0.25) is 0 Å². The molecule has 0 spiro atoms. The summed E-state index contributed by atoms with van der Waals surface area (Å²) in [6.07, 6.45) is -0.0444. The van der Waals surface area contributed by atoms with Gasteiger partial charge in [-0.1, -0.05) is 0 Å². The van der Waals surface area contributed by atoms with Crippen molar-refractivity contribution in [2.75, 3.05) is 7.05 Å². The third-order valence-corrected chi connectivity index (χ3v) is 2.03. The smallest absolute Gasteiger partial charge is 0.322 e. The zero-order valence-corrected chi connectivity index (χ0v) is 10.3. The summed E-state index contributed by atoms with van der Waals surface area (Å²) >= 11 is 0. The summed E-state index contributed by atoms with van der Waals surface area (Å²) in [7, 11) is 1.43. The molecule has 0 rings (SSSR count). The van der Waals surface area contributed by atoms with Crippen molar-refractivity contribution in [3.8, 4) is 0 Å². The molecule has 0 aliphatic rings. The summed E-state index contributed by atoms with van der Waals surface area (Å²) in [6.45, 7) is 1.47. The molecule has 4 N–H and O–H groups in total. The number of likely N-dealkylation sites (N-methyl/N-ethyl adjacent to an activating group) is 1. The van der Waals surface area contributed by atoms with E-state index >= 15 is 0 Å². The predicted octanol–water partition coefficient (Wildman–Crippen LogP) is -0.798. The lowest BCUT2D eigenvalue weighted by molar-refractivity contribution is -0.137. The first-order valence-corrected chi connectivity index (χ1v) is 5.40. The van der Waals surface area contributed by atoms with Crippen LogP contribution in [0.3, 0.4) is 0 Å². The van der Waals surface area contributed by atoms with E-state index in [1.54, 1.807) is 0 Å². The molecule has 0 bridgehead atoms. The van der Waals surface area contributed by atoms with Gasteiger partial charge in [0.1, 0.15) is 6.04 Å². The maximum absolute atomic E-state index is 11.2. The Morgan fingerprint density at radius 1 is 1.17 bits per heavy atom. The molecule has 0 aromatic heterocycles. The number of carboxylic acids is 1.